The summed E-state index contributed by atoms with van der Waals surface area (Å²) in [5.41, 5.74) is 0. The predicted octanol–water partition coefficient (Wildman–Crippen LogP) is 2.43. The van der Waals surface area contributed by atoms with Crippen LogP contribution in [0.2, 0.25) is 0 Å². The first-order chi connectivity index (χ1) is 8.87. The Balaban J connectivity index is 1.83. The molecule has 0 spiro atoms. The Hall–Kier alpha value is -0.200. The Labute approximate surface area is 115 Å². The van der Waals surface area contributed by atoms with Crippen molar-refractivity contribution in [2.24, 2.45) is 0 Å². The van der Waals surface area contributed by atoms with Gasteiger partial charge >= 0.3 is 0 Å². The molecule has 2 saturated heterocycles. The van der Waals surface area contributed by atoms with E-state index in [1.807, 2.05) is 20.8 Å². The van der Waals surface area contributed by atoms with Crippen LogP contribution in [0.25, 0.3) is 0 Å². The van der Waals surface area contributed by atoms with Crippen molar-refractivity contribution in [3.8, 4) is 0 Å². The summed E-state index contributed by atoms with van der Waals surface area (Å²) < 4.78 is 28.6. The third-order valence-corrected chi connectivity index (χ3v) is 3.93. The number of hydrogen-bond donors (Lipinski definition) is 0. The fourth-order valence-corrected chi connectivity index (χ4v) is 2.37. The highest BCUT2D eigenvalue weighted by molar-refractivity contribution is 4.84. The second-order valence-electron chi connectivity index (χ2n) is 5.86. The smallest absolute Gasteiger partial charge is 0.166 e. The number of hydrogen-bond acceptors (Lipinski definition) is 5. The van der Waals surface area contributed by atoms with Gasteiger partial charge in [0.25, 0.3) is 0 Å². The van der Waals surface area contributed by atoms with Crippen LogP contribution in [0.4, 0.5) is 0 Å². The summed E-state index contributed by atoms with van der Waals surface area (Å²) in [6.45, 7) is 8.39. The molecule has 0 N–H and O–H groups in total. The first kappa shape index (κ1) is 15.2. The quantitative estimate of drug-likeness (QED) is 0.721. The lowest BCUT2D eigenvalue weighted by Gasteiger charge is -2.28. The summed E-state index contributed by atoms with van der Waals surface area (Å²) in [7, 11) is 1.63. The van der Waals surface area contributed by atoms with E-state index < -0.39 is 11.6 Å². The highest BCUT2D eigenvalue weighted by Gasteiger charge is 2.43. The van der Waals surface area contributed by atoms with Gasteiger partial charge in [-0.25, -0.2) is 0 Å². The third-order valence-electron chi connectivity index (χ3n) is 3.93. The molecule has 0 radical (unpaired) electrons. The van der Waals surface area contributed by atoms with Crippen LogP contribution in [0.15, 0.2) is 0 Å². The van der Waals surface area contributed by atoms with Gasteiger partial charge in [-0.1, -0.05) is 6.92 Å². The molecular weight excluding hydrogens is 248 g/mol. The molecule has 0 bridgehead atoms. The summed E-state index contributed by atoms with van der Waals surface area (Å²) in [6, 6.07) is 0. The molecule has 5 heteroatoms. The molecule has 112 valence electrons. The van der Waals surface area contributed by atoms with Gasteiger partial charge in [0.1, 0.15) is 6.10 Å². The molecule has 2 rings (SSSR count). The van der Waals surface area contributed by atoms with Crippen LogP contribution >= 0.6 is 0 Å². The Morgan fingerprint density at radius 3 is 2.58 bits per heavy atom. The monoisotopic (exact) mass is 274 g/mol. The fraction of sp³-hybridized carbons (Fsp3) is 1.00. The van der Waals surface area contributed by atoms with Gasteiger partial charge in [0, 0.05) is 13.5 Å². The van der Waals surface area contributed by atoms with Crippen molar-refractivity contribution >= 4 is 0 Å². The Morgan fingerprint density at radius 1 is 1.26 bits per heavy atom. The highest BCUT2D eigenvalue weighted by Crippen LogP contribution is 2.34. The van der Waals surface area contributed by atoms with Crippen molar-refractivity contribution in [1.82, 2.24) is 0 Å². The first-order valence-corrected chi connectivity index (χ1v) is 7.07. The maximum Gasteiger partial charge on any atom is 0.166 e. The molecule has 5 nitrogen and oxygen atoms in total. The molecule has 0 aromatic heterocycles. The lowest BCUT2D eigenvalue weighted by molar-refractivity contribution is -0.285. The molecule has 0 aromatic rings. The van der Waals surface area contributed by atoms with E-state index in [-0.39, 0.29) is 18.5 Å². The van der Waals surface area contributed by atoms with E-state index in [9.17, 15) is 0 Å². The molecular formula is C14H26O5. The van der Waals surface area contributed by atoms with Crippen LogP contribution in [0.1, 0.15) is 47.0 Å². The third kappa shape index (κ3) is 3.67. The van der Waals surface area contributed by atoms with Crippen LogP contribution in [0.5, 0.6) is 0 Å². The molecule has 0 amide bonds. The second-order valence-corrected chi connectivity index (χ2v) is 5.86. The van der Waals surface area contributed by atoms with Crippen molar-refractivity contribution < 1.29 is 23.7 Å². The minimum atomic E-state index is -0.621. The standard InChI is InChI=1S/C14H26O5/c1-6-14(4)16-9-11(18-14)10-7-8-12(17-10)19-13(2,3)15-5/h10-12H,6-9H2,1-5H3/t10?,11-,12-,14?/m1/s1. The summed E-state index contributed by atoms with van der Waals surface area (Å²) in [4.78, 5) is 0. The molecule has 0 aromatic carbocycles. The van der Waals surface area contributed by atoms with Crippen molar-refractivity contribution in [3.63, 3.8) is 0 Å². The van der Waals surface area contributed by atoms with Crippen molar-refractivity contribution in [3.05, 3.63) is 0 Å². The van der Waals surface area contributed by atoms with Crippen molar-refractivity contribution in [2.45, 2.75) is 77.0 Å². The normalized spacial score (nSPS) is 39.9. The second kappa shape index (κ2) is 5.66. The Kier molecular flexibility index (Phi) is 4.52. The topological polar surface area (TPSA) is 46.2 Å². The van der Waals surface area contributed by atoms with E-state index in [0.29, 0.717) is 6.61 Å². The van der Waals surface area contributed by atoms with Gasteiger partial charge in [0.05, 0.1) is 12.7 Å². The number of methoxy groups -OCH3 is 1. The lowest BCUT2D eigenvalue weighted by Crippen LogP contribution is -2.35. The first-order valence-electron chi connectivity index (χ1n) is 7.07. The summed E-state index contributed by atoms with van der Waals surface area (Å²) in [5, 5.41) is 0. The zero-order valence-corrected chi connectivity index (χ0v) is 12.6. The molecule has 0 aliphatic carbocycles. The van der Waals surface area contributed by atoms with Crippen LogP contribution < -0.4 is 0 Å². The van der Waals surface area contributed by atoms with Gasteiger partial charge in [-0.2, -0.15) is 0 Å². The van der Waals surface area contributed by atoms with Gasteiger partial charge in [-0.3, -0.25) is 0 Å². The van der Waals surface area contributed by atoms with Gasteiger partial charge in [-0.15, -0.1) is 0 Å². The van der Waals surface area contributed by atoms with E-state index in [0.717, 1.165) is 19.3 Å². The highest BCUT2D eigenvalue weighted by atomic mass is 16.8. The van der Waals surface area contributed by atoms with Crippen LogP contribution in [-0.4, -0.2) is 43.8 Å². The van der Waals surface area contributed by atoms with Crippen LogP contribution in [0.3, 0.4) is 0 Å². The lowest BCUT2D eigenvalue weighted by atomic mass is 10.1. The minimum absolute atomic E-state index is 0.00390. The Morgan fingerprint density at radius 2 is 2.00 bits per heavy atom. The average molecular weight is 274 g/mol. The average Bonchev–Trinajstić information content (AvgIpc) is 2.96. The van der Waals surface area contributed by atoms with Gasteiger partial charge in [0.2, 0.25) is 0 Å². The van der Waals surface area contributed by atoms with Crippen LogP contribution in [-0.2, 0) is 23.7 Å². The van der Waals surface area contributed by atoms with Gasteiger partial charge < -0.3 is 23.7 Å². The molecule has 2 fully saturated rings. The zero-order chi connectivity index (χ0) is 14.1. The van der Waals surface area contributed by atoms with E-state index in [2.05, 4.69) is 6.92 Å². The van der Waals surface area contributed by atoms with E-state index in [1.54, 1.807) is 7.11 Å². The SMILES string of the molecule is CCC1(C)OC[C@H](C2CC[C@@H](OC(C)(C)OC)O2)O1. The largest absolute Gasteiger partial charge is 0.354 e. The summed E-state index contributed by atoms with van der Waals surface area (Å²) in [6.07, 6.45) is 2.46. The van der Waals surface area contributed by atoms with Gasteiger partial charge in [0.15, 0.2) is 17.9 Å². The minimum Gasteiger partial charge on any atom is -0.354 e. The molecule has 0 saturated carbocycles. The molecule has 2 aliphatic rings. The van der Waals surface area contributed by atoms with E-state index in [1.165, 1.54) is 0 Å². The van der Waals surface area contributed by atoms with Crippen molar-refractivity contribution in [1.29, 1.82) is 0 Å². The summed E-state index contributed by atoms with van der Waals surface area (Å²) in [5.74, 6) is -1.08. The maximum absolute atomic E-state index is 5.95. The number of ether oxygens (including phenoxy) is 5. The van der Waals surface area contributed by atoms with E-state index >= 15 is 0 Å². The maximum atomic E-state index is 5.95. The summed E-state index contributed by atoms with van der Waals surface area (Å²) >= 11 is 0. The Bertz CT molecular complexity index is 306. The molecule has 19 heavy (non-hydrogen) atoms. The predicted molar refractivity (Wildman–Crippen MR) is 69.6 cm³/mol. The van der Waals surface area contributed by atoms with Gasteiger partial charge in [-0.05, 0) is 33.6 Å². The molecule has 2 aliphatic heterocycles. The number of rotatable bonds is 5. The van der Waals surface area contributed by atoms with Crippen molar-refractivity contribution in [2.75, 3.05) is 13.7 Å². The fourth-order valence-electron chi connectivity index (χ4n) is 2.37. The molecule has 2 heterocycles. The molecule has 2 unspecified atom stereocenters. The molecule has 4 atom stereocenters. The zero-order valence-electron chi connectivity index (χ0n) is 12.6. The van der Waals surface area contributed by atoms with Crippen LogP contribution in [0, 0.1) is 0 Å². The van der Waals surface area contributed by atoms with E-state index in [4.69, 9.17) is 23.7 Å².